The average molecular weight is 186 g/mol. The van der Waals surface area contributed by atoms with Crippen molar-refractivity contribution in [1.82, 2.24) is 19.6 Å². The van der Waals surface area contributed by atoms with Crippen LogP contribution in [0.3, 0.4) is 0 Å². The average Bonchev–Trinajstić information content (AvgIpc) is 2.27. The molecule has 0 radical (unpaired) electrons. The van der Waals surface area contributed by atoms with E-state index in [0.29, 0.717) is 17.3 Å². The van der Waals surface area contributed by atoms with Gasteiger partial charge in [0.2, 0.25) is 0 Å². The number of rotatable bonds is 0. The molecular weight excluding hydrogens is 178 g/mol. The summed E-state index contributed by atoms with van der Waals surface area (Å²) in [5.41, 5.74) is 6.07. The molecule has 0 aromatic carbocycles. The van der Waals surface area contributed by atoms with Gasteiger partial charge in [-0.3, -0.25) is 0 Å². The Kier molecular flexibility index (Phi) is 2.14. The van der Waals surface area contributed by atoms with Crippen molar-refractivity contribution >= 4 is 23.9 Å². The summed E-state index contributed by atoms with van der Waals surface area (Å²) in [6.45, 7) is 1.81. The van der Waals surface area contributed by atoms with E-state index >= 15 is 0 Å². The molecule has 5 nitrogen and oxygen atoms in total. The third-order valence-corrected chi connectivity index (χ3v) is 1.32. The maximum atomic E-state index is 5.48. The summed E-state index contributed by atoms with van der Waals surface area (Å²) in [5, 5.41) is 4.04. The highest BCUT2D eigenvalue weighted by molar-refractivity contribution is 5.85. The van der Waals surface area contributed by atoms with Crippen molar-refractivity contribution in [2.75, 3.05) is 5.73 Å². The number of anilines is 1. The fraction of sp³-hybridized carbons (Fsp3) is 0.167. The number of nitrogens with zero attached hydrogens (tertiary/aromatic N) is 4. The smallest absolute Gasteiger partial charge is 0.252 e. The Balaban J connectivity index is 0.000000720. The molecule has 2 N–H and O–H groups in total. The van der Waals surface area contributed by atoms with E-state index < -0.39 is 0 Å². The molecule has 2 aromatic heterocycles. The van der Waals surface area contributed by atoms with Gasteiger partial charge in [0, 0.05) is 0 Å². The highest BCUT2D eigenvalue weighted by atomic mass is 35.5. The van der Waals surface area contributed by atoms with Crippen molar-refractivity contribution in [3.05, 3.63) is 18.2 Å². The zero-order valence-corrected chi connectivity index (χ0v) is 7.25. The van der Waals surface area contributed by atoms with Gasteiger partial charge in [0.05, 0.1) is 18.1 Å². The minimum absolute atomic E-state index is 0. The first-order valence-corrected chi connectivity index (χ1v) is 3.20. The summed E-state index contributed by atoms with van der Waals surface area (Å²) < 4.78 is 1.56. The number of aryl methyl sites for hydroxylation is 1. The third-order valence-electron chi connectivity index (χ3n) is 1.32. The molecule has 0 bridgehead atoms. The number of halogens is 1. The molecule has 0 atom stereocenters. The number of nitrogens with two attached hydrogens (primary N) is 1. The van der Waals surface area contributed by atoms with E-state index in [1.54, 1.807) is 16.9 Å². The van der Waals surface area contributed by atoms with Gasteiger partial charge in [-0.05, 0) is 6.92 Å². The Hall–Kier alpha value is -1.36. The van der Waals surface area contributed by atoms with Gasteiger partial charge in [-0.2, -0.15) is 10.1 Å². The molecule has 64 valence electrons. The monoisotopic (exact) mass is 185 g/mol. The molecule has 0 fully saturated rings. The fourth-order valence-corrected chi connectivity index (χ4v) is 0.900. The van der Waals surface area contributed by atoms with Crippen LogP contribution in [0, 0.1) is 6.92 Å². The van der Waals surface area contributed by atoms with Crippen molar-refractivity contribution in [3.63, 3.8) is 0 Å². The maximum absolute atomic E-state index is 5.48. The second-order valence-corrected chi connectivity index (χ2v) is 2.29. The Morgan fingerprint density at radius 2 is 2.25 bits per heavy atom. The summed E-state index contributed by atoms with van der Waals surface area (Å²) in [4.78, 5) is 8.01. The molecule has 2 rings (SSSR count). The largest absolute Gasteiger partial charge is 0.396 e. The number of aromatic nitrogens is 4. The van der Waals surface area contributed by atoms with E-state index in [4.69, 9.17) is 5.73 Å². The second-order valence-electron chi connectivity index (χ2n) is 2.29. The van der Waals surface area contributed by atoms with Gasteiger partial charge in [0.15, 0.2) is 0 Å². The standard InChI is InChI=1S/C6H7N5.ClH/c1-4-9-6-8-2-5(7)3-11(6)10-4;/h2-3H,7H2,1H3;1H. The lowest BCUT2D eigenvalue weighted by atomic mass is 10.6. The maximum Gasteiger partial charge on any atom is 0.252 e. The fourth-order valence-electron chi connectivity index (χ4n) is 0.900. The van der Waals surface area contributed by atoms with E-state index in [9.17, 15) is 0 Å². The van der Waals surface area contributed by atoms with Gasteiger partial charge in [-0.15, -0.1) is 12.4 Å². The molecule has 0 amide bonds. The van der Waals surface area contributed by atoms with Crippen LogP contribution >= 0.6 is 12.4 Å². The van der Waals surface area contributed by atoms with Crippen molar-refractivity contribution in [1.29, 1.82) is 0 Å². The predicted molar refractivity (Wildman–Crippen MR) is 47.2 cm³/mol. The van der Waals surface area contributed by atoms with Crippen molar-refractivity contribution < 1.29 is 0 Å². The SMILES string of the molecule is Cc1nc2ncc(N)cn2n1.Cl. The van der Waals surface area contributed by atoms with Crippen LogP contribution in [0.2, 0.25) is 0 Å². The van der Waals surface area contributed by atoms with Crippen LogP contribution < -0.4 is 5.73 Å². The van der Waals surface area contributed by atoms with Crippen LogP contribution in [0.1, 0.15) is 5.82 Å². The summed E-state index contributed by atoms with van der Waals surface area (Å²) >= 11 is 0. The molecular formula is C6H8ClN5. The minimum atomic E-state index is 0. The first-order valence-electron chi connectivity index (χ1n) is 3.20. The molecule has 2 aromatic rings. The molecule has 2 heterocycles. The van der Waals surface area contributed by atoms with Crippen LogP contribution in [0.5, 0.6) is 0 Å². The van der Waals surface area contributed by atoms with Gasteiger partial charge in [-0.25, -0.2) is 9.50 Å². The van der Waals surface area contributed by atoms with E-state index in [1.165, 1.54) is 0 Å². The van der Waals surface area contributed by atoms with Crippen LogP contribution in [0.25, 0.3) is 5.78 Å². The zero-order valence-electron chi connectivity index (χ0n) is 6.43. The highest BCUT2D eigenvalue weighted by Gasteiger charge is 1.98. The minimum Gasteiger partial charge on any atom is -0.396 e. The predicted octanol–water partition coefficient (Wildman–Crippen LogP) is 0.437. The third kappa shape index (κ3) is 1.31. The number of hydrogen-bond donors (Lipinski definition) is 1. The number of nitrogen functional groups attached to an aromatic ring is 1. The van der Waals surface area contributed by atoms with Gasteiger partial charge in [-0.1, -0.05) is 0 Å². The lowest BCUT2D eigenvalue weighted by Gasteiger charge is -1.90. The molecule has 0 saturated carbocycles. The molecule has 0 aliphatic heterocycles. The second kappa shape index (κ2) is 2.94. The Morgan fingerprint density at radius 3 is 3.00 bits per heavy atom. The quantitative estimate of drug-likeness (QED) is 0.647. The highest BCUT2D eigenvalue weighted by Crippen LogP contribution is 2.00. The topological polar surface area (TPSA) is 69.1 Å². The van der Waals surface area contributed by atoms with Crippen molar-refractivity contribution in [3.8, 4) is 0 Å². The van der Waals surface area contributed by atoms with Gasteiger partial charge >= 0.3 is 0 Å². The van der Waals surface area contributed by atoms with Crippen molar-refractivity contribution in [2.24, 2.45) is 0 Å². The van der Waals surface area contributed by atoms with Gasteiger partial charge < -0.3 is 5.73 Å². The molecule has 0 unspecified atom stereocenters. The van der Waals surface area contributed by atoms with Crippen LogP contribution in [0.4, 0.5) is 5.69 Å². The first-order chi connectivity index (χ1) is 5.25. The molecule has 0 spiro atoms. The van der Waals surface area contributed by atoms with Crippen LogP contribution in [0.15, 0.2) is 12.4 Å². The number of fused-ring (bicyclic) bond motifs is 1. The van der Waals surface area contributed by atoms with E-state index in [-0.39, 0.29) is 12.4 Å². The molecule has 6 heteroatoms. The lowest BCUT2D eigenvalue weighted by molar-refractivity contribution is 0.918. The van der Waals surface area contributed by atoms with Crippen LogP contribution in [-0.2, 0) is 0 Å². The summed E-state index contributed by atoms with van der Waals surface area (Å²) in [6.07, 6.45) is 3.24. The van der Waals surface area contributed by atoms with E-state index in [0.717, 1.165) is 0 Å². The van der Waals surface area contributed by atoms with E-state index in [2.05, 4.69) is 15.1 Å². The lowest BCUT2D eigenvalue weighted by Crippen LogP contribution is -1.94. The molecule has 0 aliphatic rings. The van der Waals surface area contributed by atoms with Crippen LogP contribution in [-0.4, -0.2) is 19.6 Å². The molecule has 12 heavy (non-hydrogen) atoms. The van der Waals surface area contributed by atoms with Crippen molar-refractivity contribution in [2.45, 2.75) is 6.92 Å². The number of hydrogen-bond acceptors (Lipinski definition) is 4. The first kappa shape index (κ1) is 8.73. The summed E-state index contributed by atoms with van der Waals surface area (Å²) in [5.74, 6) is 1.28. The summed E-state index contributed by atoms with van der Waals surface area (Å²) in [6, 6.07) is 0. The summed E-state index contributed by atoms with van der Waals surface area (Å²) in [7, 11) is 0. The Labute approximate surface area is 75.0 Å². The van der Waals surface area contributed by atoms with Gasteiger partial charge in [0.25, 0.3) is 5.78 Å². The Bertz CT molecular complexity index is 396. The van der Waals surface area contributed by atoms with E-state index in [1.807, 2.05) is 6.92 Å². The van der Waals surface area contributed by atoms with Gasteiger partial charge in [0.1, 0.15) is 5.82 Å². The molecule has 0 aliphatic carbocycles. The Morgan fingerprint density at radius 1 is 1.50 bits per heavy atom. The zero-order chi connectivity index (χ0) is 7.84. The normalized spacial score (nSPS) is 9.75. The molecule has 0 saturated heterocycles.